The summed E-state index contributed by atoms with van der Waals surface area (Å²) in [4.78, 5) is 10.1. The fourth-order valence-corrected chi connectivity index (χ4v) is 2.23. The topological polar surface area (TPSA) is 63.2 Å². The van der Waals surface area contributed by atoms with Crippen LogP contribution in [-0.4, -0.2) is 19.7 Å². The maximum Gasteiger partial charge on any atom is 0.324 e. The summed E-state index contributed by atoms with van der Waals surface area (Å²) >= 11 is 4.82. The molecule has 1 aliphatic carbocycles. The van der Waals surface area contributed by atoms with Crippen molar-refractivity contribution in [2.24, 2.45) is 0 Å². The molecule has 1 N–H and O–H groups in total. The molecule has 0 aromatic carbocycles. The van der Waals surface area contributed by atoms with Crippen LogP contribution in [0.1, 0.15) is 6.42 Å². The highest BCUT2D eigenvalue weighted by Crippen LogP contribution is 2.14. The molecule has 1 rings (SSSR count). The van der Waals surface area contributed by atoms with Crippen LogP contribution < -0.4 is 4.72 Å². The first-order valence-corrected chi connectivity index (χ1v) is 5.26. The molecule has 0 aromatic rings. The average molecular weight is 216 g/mol. The van der Waals surface area contributed by atoms with Crippen molar-refractivity contribution < 1.29 is 13.2 Å². The number of amides is 1. The molecule has 0 saturated heterocycles. The molecule has 69 valence electrons. The minimum Gasteiger partial charge on any atom is -0.262 e. The lowest BCUT2D eigenvalue weighted by molar-refractivity contribution is 0.548. The molecule has 0 spiro atoms. The SMILES string of the molecule is O=[C]NS(=O)(=O)C1=CC=CCC1=S. The molecule has 0 heterocycles. The van der Waals surface area contributed by atoms with Crippen LogP contribution in [0.2, 0.25) is 0 Å². The molecule has 1 radical (unpaired) electrons. The summed E-state index contributed by atoms with van der Waals surface area (Å²) < 4.78 is 24.1. The molecule has 13 heavy (non-hydrogen) atoms. The summed E-state index contributed by atoms with van der Waals surface area (Å²) in [5.74, 6) is 0. The van der Waals surface area contributed by atoms with Gasteiger partial charge in [0.2, 0.25) is 0 Å². The second-order valence-electron chi connectivity index (χ2n) is 2.29. The van der Waals surface area contributed by atoms with Crippen LogP contribution in [0.25, 0.3) is 0 Å². The second-order valence-corrected chi connectivity index (χ2v) is 4.44. The molecule has 0 aliphatic heterocycles. The first-order chi connectivity index (χ1) is 6.08. The maximum absolute atomic E-state index is 11.2. The minimum absolute atomic E-state index is 0.0339. The van der Waals surface area contributed by atoms with E-state index in [4.69, 9.17) is 12.2 Å². The van der Waals surface area contributed by atoms with Crippen molar-refractivity contribution in [3.63, 3.8) is 0 Å². The lowest BCUT2D eigenvalue weighted by Crippen LogP contribution is -2.27. The van der Waals surface area contributed by atoms with Crippen LogP contribution in [0.3, 0.4) is 0 Å². The van der Waals surface area contributed by atoms with Crippen molar-refractivity contribution in [3.8, 4) is 0 Å². The highest BCUT2D eigenvalue weighted by molar-refractivity contribution is 7.97. The molecule has 0 aromatic heterocycles. The van der Waals surface area contributed by atoms with Crippen molar-refractivity contribution in [2.45, 2.75) is 6.42 Å². The van der Waals surface area contributed by atoms with E-state index in [1.165, 1.54) is 6.08 Å². The average Bonchev–Trinajstić information content (AvgIpc) is 2.04. The van der Waals surface area contributed by atoms with Gasteiger partial charge in [-0.3, -0.25) is 4.79 Å². The van der Waals surface area contributed by atoms with Crippen LogP contribution in [0.4, 0.5) is 0 Å². The molecular formula is C7H6NO3S2. The Bertz CT molecular complexity index is 392. The zero-order valence-corrected chi connectivity index (χ0v) is 8.11. The van der Waals surface area contributed by atoms with Gasteiger partial charge in [-0.2, -0.15) is 0 Å². The Morgan fingerprint density at radius 2 is 2.23 bits per heavy atom. The van der Waals surface area contributed by atoms with Crippen molar-refractivity contribution >= 4 is 33.5 Å². The normalized spacial score (nSPS) is 16.6. The Hall–Kier alpha value is -1.01. The van der Waals surface area contributed by atoms with Gasteiger partial charge in [-0.15, -0.1) is 0 Å². The van der Waals surface area contributed by atoms with E-state index in [0.29, 0.717) is 11.3 Å². The molecule has 0 unspecified atom stereocenters. The fraction of sp³-hybridized carbons (Fsp3) is 0.143. The lowest BCUT2D eigenvalue weighted by Gasteiger charge is -2.09. The number of rotatable bonds is 3. The van der Waals surface area contributed by atoms with Gasteiger partial charge in [-0.25, -0.2) is 13.1 Å². The third-order valence-corrected chi connectivity index (χ3v) is 3.26. The Labute approximate surface area is 81.4 Å². The zero-order chi connectivity index (χ0) is 9.90. The van der Waals surface area contributed by atoms with Crippen LogP contribution in [0.15, 0.2) is 23.1 Å². The smallest absolute Gasteiger partial charge is 0.262 e. The van der Waals surface area contributed by atoms with E-state index in [0.717, 1.165) is 6.41 Å². The fourth-order valence-electron chi connectivity index (χ4n) is 0.873. The predicted molar refractivity (Wildman–Crippen MR) is 52.2 cm³/mol. The number of sulfonamides is 1. The van der Waals surface area contributed by atoms with Crippen LogP contribution in [0, 0.1) is 0 Å². The highest BCUT2D eigenvalue weighted by Gasteiger charge is 2.21. The number of nitrogens with one attached hydrogen (secondary N) is 1. The monoisotopic (exact) mass is 216 g/mol. The van der Waals surface area contributed by atoms with Crippen LogP contribution >= 0.6 is 12.2 Å². The molecule has 6 heteroatoms. The van der Waals surface area contributed by atoms with Gasteiger partial charge in [0.1, 0.15) is 4.91 Å². The Morgan fingerprint density at radius 3 is 2.77 bits per heavy atom. The number of thiocarbonyl (C=S) groups is 1. The third-order valence-electron chi connectivity index (χ3n) is 1.43. The van der Waals surface area contributed by atoms with Crippen molar-refractivity contribution in [3.05, 3.63) is 23.1 Å². The summed E-state index contributed by atoms with van der Waals surface area (Å²) in [6.07, 6.45) is 6.19. The van der Waals surface area contributed by atoms with E-state index in [2.05, 4.69) is 0 Å². The van der Waals surface area contributed by atoms with Gasteiger partial charge in [-0.1, -0.05) is 24.4 Å². The summed E-state index contributed by atoms with van der Waals surface area (Å²) in [5, 5.41) is 0. The summed E-state index contributed by atoms with van der Waals surface area (Å²) in [6, 6.07) is 0. The zero-order valence-electron chi connectivity index (χ0n) is 6.48. The molecule has 0 bridgehead atoms. The molecular weight excluding hydrogens is 210 g/mol. The minimum atomic E-state index is -3.79. The largest absolute Gasteiger partial charge is 0.324 e. The van der Waals surface area contributed by atoms with Gasteiger partial charge in [-0.05, 0) is 6.08 Å². The first-order valence-electron chi connectivity index (χ1n) is 3.37. The summed E-state index contributed by atoms with van der Waals surface area (Å²) in [5.41, 5.74) is 0. The van der Waals surface area contributed by atoms with Crippen molar-refractivity contribution in [2.75, 3.05) is 0 Å². The number of hydrogen-bond acceptors (Lipinski definition) is 4. The Kier molecular flexibility index (Phi) is 2.94. The quantitative estimate of drug-likeness (QED) is 0.540. The third kappa shape index (κ3) is 2.22. The molecule has 4 nitrogen and oxygen atoms in total. The van der Waals surface area contributed by atoms with Crippen LogP contribution in [-0.2, 0) is 14.8 Å². The van der Waals surface area contributed by atoms with Gasteiger partial charge in [0.05, 0.1) is 0 Å². The highest BCUT2D eigenvalue weighted by atomic mass is 32.2. The van der Waals surface area contributed by atoms with Gasteiger partial charge >= 0.3 is 6.41 Å². The molecule has 0 fully saturated rings. The number of allylic oxidation sites excluding steroid dienone is 4. The van der Waals surface area contributed by atoms with Crippen molar-refractivity contribution in [1.29, 1.82) is 0 Å². The first kappa shape index (κ1) is 10.1. The van der Waals surface area contributed by atoms with E-state index in [1.54, 1.807) is 16.9 Å². The molecule has 0 saturated carbocycles. The van der Waals surface area contributed by atoms with E-state index in [-0.39, 0.29) is 4.91 Å². The van der Waals surface area contributed by atoms with Gasteiger partial charge in [0.15, 0.2) is 0 Å². The predicted octanol–water partition coefficient (Wildman–Crippen LogP) is 0.187. The standard InChI is InChI=1S/C7H6NO3S2/c9-5-8-13(10,11)7-4-2-1-3-6(7)12/h1-2,4H,3H2,(H,8,9). The van der Waals surface area contributed by atoms with E-state index >= 15 is 0 Å². The molecule has 1 amide bonds. The van der Waals surface area contributed by atoms with Gasteiger partial charge in [0.25, 0.3) is 10.0 Å². The Morgan fingerprint density at radius 1 is 1.54 bits per heavy atom. The van der Waals surface area contributed by atoms with E-state index in [9.17, 15) is 13.2 Å². The van der Waals surface area contributed by atoms with E-state index < -0.39 is 10.0 Å². The summed E-state index contributed by atoms with van der Waals surface area (Å²) in [7, 11) is -3.79. The van der Waals surface area contributed by atoms with Crippen molar-refractivity contribution in [1.82, 2.24) is 4.72 Å². The second kappa shape index (κ2) is 3.80. The number of carbonyl (C=O) groups excluding carboxylic acids is 1. The maximum atomic E-state index is 11.2. The van der Waals surface area contributed by atoms with Crippen LogP contribution in [0.5, 0.6) is 0 Å². The summed E-state index contributed by atoms with van der Waals surface area (Å²) in [6.45, 7) is 0. The van der Waals surface area contributed by atoms with E-state index in [1.807, 2.05) is 0 Å². The van der Waals surface area contributed by atoms with Gasteiger partial charge < -0.3 is 0 Å². The molecule has 0 atom stereocenters. The van der Waals surface area contributed by atoms with Gasteiger partial charge in [0, 0.05) is 11.3 Å². The Balaban J connectivity index is 3.06. The lowest BCUT2D eigenvalue weighted by atomic mass is 10.2. The number of hydrogen-bond donors (Lipinski definition) is 1. The molecule has 1 aliphatic rings.